The van der Waals surface area contributed by atoms with Crippen molar-refractivity contribution in [1.29, 1.82) is 0 Å². The molecular formula is C19H24N4. The third-order valence-electron chi connectivity index (χ3n) is 4.09. The number of likely N-dealkylation sites (tertiary alicyclic amines) is 1. The zero-order valence-electron chi connectivity index (χ0n) is 13.4. The lowest BCUT2D eigenvalue weighted by Crippen LogP contribution is -2.34. The first-order valence-corrected chi connectivity index (χ1v) is 8.24. The SMILES string of the molecule is NC(=Nc1cccc(CNCc2ccccc2)c1)N1CCCC1. The summed E-state index contributed by atoms with van der Waals surface area (Å²) in [5.41, 5.74) is 9.53. The second-order valence-electron chi connectivity index (χ2n) is 5.92. The summed E-state index contributed by atoms with van der Waals surface area (Å²) in [5, 5.41) is 3.46. The van der Waals surface area contributed by atoms with E-state index in [2.05, 4.69) is 51.6 Å². The molecule has 120 valence electrons. The highest BCUT2D eigenvalue weighted by atomic mass is 15.3. The van der Waals surface area contributed by atoms with Gasteiger partial charge in [0.1, 0.15) is 0 Å². The van der Waals surface area contributed by atoms with Crippen LogP contribution in [0.2, 0.25) is 0 Å². The van der Waals surface area contributed by atoms with Gasteiger partial charge in [0.05, 0.1) is 5.69 Å². The molecule has 3 rings (SSSR count). The van der Waals surface area contributed by atoms with Crippen molar-refractivity contribution >= 4 is 11.6 Å². The summed E-state index contributed by atoms with van der Waals surface area (Å²) >= 11 is 0. The van der Waals surface area contributed by atoms with E-state index in [0.29, 0.717) is 5.96 Å². The topological polar surface area (TPSA) is 53.6 Å². The highest BCUT2D eigenvalue weighted by Gasteiger charge is 2.13. The lowest BCUT2D eigenvalue weighted by molar-refractivity contribution is 0.513. The van der Waals surface area contributed by atoms with Gasteiger partial charge in [0, 0.05) is 26.2 Å². The normalized spacial score (nSPS) is 15.1. The minimum Gasteiger partial charge on any atom is -0.369 e. The van der Waals surface area contributed by atoms with E-state index >= 15 is 0 Å². The minimum atomic E-state index is 0.636. The molecule has 0 bridgehead atoms. The van der Waals surface area contributed by atoms with Crippen molar-refractivity contribution in [3.8, 4) is 0 Å². The molecule has 0 spiro atoms. The summed E-state index contributed by atoms with van der Waals surface area (Å²) in [4.78, 5) is 6.71. The molecule has 1 saturated heterocycles. The zero-order chi connectivity index (χ0) is 15.9. The van der Waals surface area contributed by atoms with Crippen molar-refractivity contribution in [1.82, 2.24) is 10.2 Å². The van der Waals surface area contributed by atoms with Gasteiger partial charge in [-0.05, 0) is 36.1 Å². The molecule has 1 heterocycles. The second-order valence-corrected chi connectivity index (χ2v) is 5.92. The highest BCUT2D eigenvalue weighted by molar-refractivity contribution is 5.81. The largest absolute Gasteiger partial charge is 0.369 e. The van der Waals surface area contributed by atoms with E-state index in [4.69, 9.17) is 5.73 Å². The van der Waals surface area contributed by atoms with Crippen LogP contribution in [0.15, 0.2) is 59.6 Å². The van der Waals surface area contributed by atoms with Gasteiger partial charge in [-0.2, -0.15) is 0 Å². The summed E-state index contributed by atoms with van der Waals surface area (Å²) in [7, 11) is 0. The molecular weight excluding hydrogens is 284 g/mol. The van der Waals surface area contributed by atoms with E-state index < -0.39 is 0 Å². The first-order valence-electron chi connectivity index (χ1n) is 8.24. The third kappa shape index (κ3) is 4.57. The fourth-order valence-corrected chi connectivity index (χ4v) is 2.83. The minimum absolute atomic E-state index is 0.636. The number of hydrogen-bond donors (Lipinski definition) is 2. The molecule has 1 fully saturated rings. The molecule has 0 aliphatic carbocycles. The van der Waals surface area contributed by atoms with Crippen molar-refractivity contribution in [2.24, 2.45) is 10.7 Å². The predicted molar refractivity (Wildman–Crippen MR) is 95.5 cm³/mol. The summed E-state index contributed by atoms with van der Waals surface area (Å²) in [5.74, 6) is 0.636. The van der Waals surface area contributed by atoms with Crippen LogP contribution in [0.25, 0.3) is 0 Å². The molecule has 1 aliphatic rings. The van der Waals surface area contributed by atoms with E-state index in [0.717, 1.165) is 31.9 Å². The Morgan fingerprint density at radius 2 is 1.65 bits per heavy atom. The summed E-state index contributed by atoms with van der Waals surface area (Å²) in [6.07, 6.45) is 2.42. The Morgan fingerprint density at radius 3 is 2.43 bits per heavy atom. The van der Waals surface area contributed by atoms with Crippen LogP contribution in [-0.2, 0) is 13.1 Å². The lowest BCUT2D eigenvalue weighted by atomic mass is 10.2. The molecule has 0 radical (unpaired) electrons. The van der Waals surface area contributed by atoms with Crippen LogP contribution in [0.1, 0.15) is 24.0 Å². The number of aliphatic imine (C=N–C) groups is 1. The Kier molecular flexibility index (Phi) is 5.27. The molecule has 1 aliphatic heterocycles. The van der Waals surface area contributed by atoms with Crippen molar-refractivity contribution < 1.29 is 0 Å². The van der Waals surface area contributed by atoms with Crippen molar-refractivity contribution in [3.05, 3.63) is 65.7 Å². The Morgan fingerprint density at radius 1 is 0.957 bits per heavy atom. The van der Waals surface area contributed by atoms with E-state index in [9.17, 15) is 0 Å². The van der Waals surface area contributed by atoms with E-state index in [1.807, 2.05) is 18.2 Å². The Bertz CT molecular complexity index is 645. The maximum Gasteiger partial charge on any atom is 0.196 e. The van der Waals surface area contributed by atoms with Crippen LogP contribution in [0.3, 0.4) is 0 Å². The predicted octanol–water partition coefficient (Wildman–Crippen LogP) is 3.02. The number of nitrogens with one attached hydrogen (secondary N) is 1. The standard InChI is InChI=1S/C19H24N4/c20-19(23-11-4-5-12-23)22-18-10-6-9-17(13-18)15-21-14-16-7-2-1-3-8-16/h1-3,6-10,13,21H,4-5,11-12,14-15H2,(H2,20,22). The van der Waals surface area contributed by atoms with Gasteiger partial charge in [0.15, 0.2) is 5.96 Å². The van der Waals surface area contributed by atoms with Crippen molar-refractivity contribution in [2.45, 2.75) is 25.9 Å². The Hall–Kier alpha value is -2.33. The smallest absolute Gasteiger partial charge is 0.196 e. The number of benzene rings is 2. The molecule has 3 N–H and O–H groups in total. The maximum atomic E-state index is 6.10. The molecule has 0 saturated carbocycles. The van der Waals surface area contributed by atoms with Crippen LogP contribution in [-0.4, -0.2) is 23.9 Å². The summed E-state index contributed by atoms with van der Waals surface area (Å²) < 4.78 is 0. The van der Waals surface area contributed by atoms with Crippen LogP contribution in [0, 0.1) is 0 Å². The van der Waals surface area contributed by atoms with Gasteiger partial charge in [-0.3, -0.25) is 0 Å². The molecule has 0 amide bonds. The number of nitrogens with zero attached hydrogens (tertiary/aromatic N) is 2. The molecule has 0 atom stereocenters. The fourth-order valence-electron chi connectivity index (χ4n) is 2.83. The van der Waals surface area contributed by atoms with Gasteiger partial charge in [0.25, 0.3) is 0 Å². The average Bonchev–Trinajstić information content (AvgIpc) is 3.11. The molecule has 4 heteroatoms. The summed E-state index contributed by atoms with van der Waals surface area (Å²) in [6, 6.07) is 18.7. The van der Waals surface area contributed by atoms with Gasteiger partial charge in [0.2, 0.25) is 0 Å². The zero-order valence-corrected chi connectivity index (χ0v) is 13.4. The number of guanidine groups is 1. The Labute approximate surface area is 138 Å². The van der Waals surface area contributed by atoms with Crippen LogP contribution < -0.4 is 11.1 Å². The van der Waals surface area contributed by atoms with E-state index in [-0.39, 0.29) is 0 Å². The fraction of sp³-hybridized carbons (Fsp3) is 0.316. The van der Waals surface area contributed by atoms with Gasteiger partial charge < -0.3 is 16.0 Å². The molecule has 0 aromatic heterocycles. The quantitative estimate of drug-likeness (QED) is 0.659. The first kappa shape index (κ1) is 15.6. The van der Waals surface area contributed by atoms with Gasteiger partial charge in [-0.15, -0.1) is 0 Å². The van der Waals surface area contributed by atoms with Crippen LogP contribution >= 0.6 is 0 Å². The second kappa shape index (κ2) is 7.79. The highest BCUT2D eigenvalue weighted by Crippen LogP contribution is 2.16. The van der Waals surface area contributed by atoms with E-state index in [1.54, 1.807) is 0 Å². The van der Waals surface area contributed by atoms with Crippen molar-refractivity contribution in [2.75, 3.05) is 13.1 Å². The molecule has 23 heavy (non-hydrogen) atoms. The Balaban J connectivity index is 1.57. The molecule has 0 unspecified atom stereocenters. The van der Waals surface area contributed by atoms with Gasteiger partial charge in [-0.25, -0.2) is 4.99 Å². The molecule has 2 aromatic carbocycles. The lowest BCUT2D eigenvalue weighted by Gasteiger charge is -2.15. The van der Waals surface area contributed by atoms with Gasteiger partial charge >= 0.3 is 0 Å². The van der Waals surface area contributed by atoms with Crippen molar-refractivity contribution in [3.63, 3.8) is 0 Å². The first-order chi connectivity index (χ1) is 11.3. The molecule has 4 nitrogen and oxygen atoms in total. The third-order valence-corrected chi connectivity index (χ3v) is 4.09. The molecule has 2 aromatic rings. The monoisotopic (exact) mass is 308 g/mol. The van der Waals surface area contributed by atoms with Crippen LogP contribution in [0.4, 0.5) is 5.69 Å². The summed E-state index contributed by atoms with van der Waals surface area (Å²) in [6.45, 7) is 3.73. The van der Waals surface area contributed by atoms with E-state index in [1.165, 1.54) is 24.0 Å². The van der Waals surface area contributed by atoms with Crippen LogP contribution in [0.5, 0.6) is 0 Å². The average molecular weight is 308 g/mol. The number of nitrogens with two attached hydrogens (primary N) is 1. The number of rotatable bonds is 5. The van der Waals surface area contributed by atoms with Gasteiger partial charge in [-0.1, -0.05) is 42.5 Å². The maximum absolute atomic E-state index is 6.10. The number of hydrogen-bond acceptors (Lipinski definition) is 2.